The Hall–Kier alpha value is -2.49. The number of hydrogen-bond acceptors (Lipinski definition) is 3. The monoisotopic (exact) mass is 265 g/mol. The maximum Gasteiger partial charge on any atom is 0.326 e. The molecule has 1 heterocycles. The van der Waals surface area contributed by atoms with E-state index < -0.39 is 35.7 Å². The Kier molecular flexibility index (Phi) is 2.94. The molecule has 0 saturated carbocycles. The van der Waals surface area contributed by atoms with Crippen molar-refractivity contribution in [2.24, 2.45) is 0 Å². The van der Waals surface area contributed by atoms with E-state index in [0.717, 1.165) is 18.2 Å². The van der Waals surface area contributed by atoms with Gasteiger partial charge in [0, 0.05) is 5.56 Å². The van der Waals surface area contributed by atoms with Crippen LogP contribution in [0, 0.1) is 23.0 Å². The van der Waals surface area contributed by atoms with E-state index in [1.54, 1.807) is 6.07 Å². The summed E-state index contributed by atoms with van der Waals surface area (Å²) >= 11 is 0. The zero-order chi connectivity index (χ0) is 14.2. The second-order valence-corrected chi connectivity index (χ2v) is 4.23. The van der Waals surface area contributed by atoms with Crippen molar-refractivity contribution in [3.8, 4) is 6.07 Å². The number of nitrogens with zero attached hydrogens (tertiary/aromatic N) is 2. The summed E-state index contributed by atoms with van der Waals surface area (Å²) in [5, 5.41) is 10.8. The molecule has 0 radical (unpaired) electrons. The second-order valence-electron chi connectivity index (χ2n) is 4.23. The van der Waals surface area contributed by atoms with Gasteiger partial charge in [0.25, 0.3) is 5.91 Å². The fourth-order valence-corrected chi connectivity index (χ4v) is 1.97. The molecule has 2 rings (SSSR count). The van der Waals surface area contributed by atoms with Crippen molar-refractivity contribution in [1.82, 2.24) is 10.2 Å². The molecular formula is C12H9F2N3O2. The van der Waals surface area contributed by atoms with Gasteiger partial charge in [-0.15, -0.1) is 0 Å². The first-order valence-corrected chi connectivity index (χ1v) is 5.36. The quantitative estimate of drug-likeness (QED) is 0.646. The number of rotatable bonds is 2. The van der Waals surface area contributed by atoms with Gasteiger partial charge in [-0.1, -0.05) is 0 Å². The average Bonchev–Trinajstić information content (AvgIpc) is 2.57. The summed E-state index contributed by atoms with van der Waals surface area (Å²) in [6, 6.07) is 3.50. The van der Waals surface area contributed by atoms with Gasteiger partial charge in [-0.25, -0.2) is 18.5 Å². The molecule has 19 heavy (non-hydrogen) atoms. The van der Waals surface area contributed by atoms with Crippen LogP contribution in [-0.4, -0.2) is 23.4 Å². The van der Waals surface area contributed by atoms with Gasteiger partial charge >= 0.3 is 6.03 Å². The zero-order valence-corrected chi connectivity index (χ0v) is 9.91. The van der Waals surface area contributed by atoms with Crippen LogP contribution >= 0.6 is 0 Å². The molecule has 1 aliphatic rings. The molecule has 1 aliphatic heterocycles. The minimum atomic E-state index is -1.71. The van der Waals surface area contributed by atoms with Crippen molar-refractivity contribution in [2.75, 3.05) is 6.54 Å². The van der Waals surface area contributed by atoms with Gasteiger partial charge in [0.1, 0.15) is 23.7 Å². The number of carbonyl (C=O) groups is 2. The standard InChI is InChI=1S/C12H9F2N3O2/c1-12(8-6-7(13)2-3-9(8)14)10(18)17(5-4-15)11(19)16-12/h2-3,6H,5H2,1H3,(H,16,19). The SMILES string of the molecule is CC1(c2cc(F)ccc2F)NC(=O)N(CC#N)C1=O. The largest absolute Gasteiger partial charge is 0.326 e. The summed E-state index contributed by atoms with van der Waals surface area (Å²) in [4.78, 5) is 24.3. The Balaban J connectivity index is 2.50. The predicted octanol–water partition coefficient (Wildman–Crippen LogP) is 1.26. The van der Waals surface area contributed by atoms with Crippen molar-refractivity contribution < 1.29 is 18.4 Å². The Bertz CT molecular complexity index is 611. The second kappa shape index (κ2) is 4.31. The predicted molar refractivity (Wildman–Crippen MR) is 59.6 cm³/mol. The third-order valence-corrected chi connectivity index (χ3v) is 2.97. The van der Waals surface area contributed by atoms with Gasteiger partial charge in [0.05, 0.1) is 6.07 Å². The smallest absolute Gasteiger partial charge is 0.319 e. The summed E-state index contributed by atoms with van der Waals surface area (Å²) in [6.45, 7) is 0.819. The third-order valence-electron chi connectivity index (χ3n) is 2.97. The number of nitriles is 1. The van der Waals surface area contributed by atoms with Crippen LogP contribution in [0.2, 0.25) is 0 Å². The maximum atomic E-state index is 13.7. The molecule has 1 N–H and O–H groups in total. The first-order chi connectivity index (χ1) is 8.90. The lowest BCUT2D eigenvalue weighted by atomic mass is 9.91. The highest BCUT2D eigenvalue weighted by Gasteiger charge is 2.50. The Morgan fingerprint density at radius 2 is 2.11 bits per heavy atom. The maximum absolute atomic E-state index is 13.7. The number of benzene rings is 1. The van der Waals surface area contributed by atoms with Crippen LogP contribution in [0.1, 0.15) is 12.5 Å². The lowest BCUT2D eigenvalue weighted by Crippen LogP contribution is -2.41. The molecule has 1 saturated heterocycles. The molecular weight excluding hydrogens is 256 g/mol. The molecule has 1 unspecified atom stereocenters. The van der Waals surface area contributed by atoms with E-state index in [0.29, 0.717) is 4.90 Å². The highest BCUT2D eigenvalue weighted by atomic mass is 19.1. The van der Waals surface area contributed by atoms with Gasteiger partial charge in [0.15, 0.2) is 0 Å². The lowest BCUT2D eigenvalue weighted by Gasteiger charge is -2.22. The summed E-state index contributed by atoms with van der Waals surface area (Å²) in [6.07, 6.45) is 0. The minimum absolute atomic E-state index is 0.272. The third kappa shape index (κ3) is 1.91. The molecule has 0 spiro atoms. The average molecular weight is 265 g/mol. The fourth-order valence-electron chi connectivity index (χ4n) is 1.97. The Labute approximate surface area is 107 Å². The van der Waals surface area contributed by atoms with Crippen LogP contribution in [0.3, 0.4) is 0 Å². The van der Waals surface area contributed by atoms with Crippen LogP contribution in [0.15, 0.2) is 18.2 Å². The number of imide groups is 1. The summed E-state index contributed by atoms with van der Waals surface area (Å²) < 4.78 is 26.9. The van der Waals surface area contributed by atoms with E-state index in [-0.39, 0.29) is 5.56 Å². The van der Waals surface area contributed by atoms with Crippen molar-refractivity contribution in [3.63, 3.8) is 0 Å². The van der Waals surface area contributed by atoms with Gasteiger partial charge in [-0.3, -0.25) is 4.79 Å². The van der Waals surface area contributed by atoms with Crippen LogP contribution in [-0.2, 0) is 10.3 Å². The molecule has 1 aromatic carbocycles. The van der Waals surface area contributed by atoms with Crippen molar-refractivity contribution in [1.29, 1.82) is 5.26 Å². The molecule has 1 atom stereocenters. The van der Waals surface area contributed by atoms with Gasteiger partial charge in [-0.05, 0) is 25.1 Å². The van der Waals surface area contributed by atoms with Crippen molar-refractivity contribution in [2.45, 2.75) is 12.5 Å². The van der Waals surface area contributed by atoms with E-state index in [1.807, 2.05) is 0 Å². The fraction of sp³-hybridized carbons (Fsp3) is 0.250. The lowest BCUT2D eigenvalue weighted by molar-refractivity contribution is -0.130. The molecule has 98 valence electrons. The summed E-state index contributed by atoms with van der Waals surface area (Å²) in [7, 11) is 0. The molecule has 3 amide bonds. The van der Waals surface area contributed by atoms with Gasteiger partial charge in [-0.2, -0.15) is 5.26 Å². The molecule has 0 aromatic heterocycles. The minimum Gasteiger partial charge on any atom is -0.319 e. The van der Waals surface area contributed by atoms with Crippen LogP contribution < -0.4 is 5.32 Å². The van der Waals surface area contributed by atoms with E-state index in [2.05, 4.69) is 5.32 Å². The topological polar surface area (TPSA) is 73.2 Å². The number of halogens is 2. The molecule has 1 fully saturated rings. The molecule has 7 heteroatoms. The van der Waals surface area contributed by atoms with Gasteiger partial charge in [0.2, 0.25) is 0 Å². The van der Waals surface area contributed by atoms with Gasteiger partial charge < -0.3 is 5.32 Å². The highest BCUT2D eigenvalue weighted by molar-refractivity contribution is 6.07. The van der Waals surface area contributed by atoms with E-state index in [9.17, 15) is 18.4 Å². The first-order valence-electron chi connectivity index (χ1n) is 5.36. The summed E-state index contributed by atoms with van der Waals surface area (Å²) in [5.41, 5.74) is -1.98. The number of amides is 3. The molecule has 1 aromatic rings. The van der Waals surface area contributed by atoms with E-state index in [4.69, 9.17) is 5.26 Å². The van der Waals surface area contributed by atoms with Crippen molar-refractivity contribution >= 4 is 11.9 Å². The number of urea groups is 1. The van der Waals surface area contributed by atoms with Crippen LogP contribution in [0.25, 0.3) is 0 Å². The van der Waals surface area contributed by atoms with Crippen molar-refractivity contribution in [3.05, 3.63) is 35.4 Å². The molecule has 0 aliphatic carbocycles. The van der Waals surface area contributed by atoms with E-state index in [1.165, 1.54) is 6.92 Å². The Morgan fingerprint density at radius 1 is 1.42 bits per heavy atom. The number of carbonyl (C=O) groups excluding carboxylic acids is 2. The Morgan fingerprint density at radius 3 is 2.74 bits per heavy atom. The zero-order valence-electron chi connectivity index (χ0n) is 9.91. The first kappa shape index (κ1) is 13.0. The number of nitrogens with one attached hydrogen (secondary N) is 1. The molecule has 5 nitrogen and oxygen atoms in total. The molecule has 0 bridgehead atoms. The highest BCUT2D eigenvalue weighted by Crippen LogP contribution is 2.30. The normalized spacial score (nSPS) is 22.3. The number of hydrogen-bond donors (Lipinski definition) is 1. The van der Waals surface area contributed by atoms with E-state index >= 15 is 0 Å². The summed E-state index contributed by atoms with van der Waals surface area (Å²) in [5.74, 6) is -2.32. The van der Waals surface area contributed by atoms with Crippen LogP contribution in [0.5, 0.6) is 0 Å². The van der Waals surface area contributed by atoms with Crippen LogP contribution in [0.4, 0.5) is 13.6 Å².